The third kappa shape index (κ3) is 4.75. The monoisotopic (exact) mass is 327 g/mol. The van der Waals surface area contributed by atoms with Gasteiger partial charge in [-0.05, 0) is 18.2 Å². The maximum absolute atomic E-state index is 10.1. The van der Waals surface area contributed by atoms with Gasteiger partial charge in [0.05, 0.1) is 6.10 Å². The molecule has 20 heavy (non-hydrogen) atoms. The van der Waals surface area contributed by atoms with Crippen LogP contribution in [0.15, 0.2) is 39.0 Å². The topological polar surface area (TPSA) is 72.0 Å². The summed E-state index contributed by atoms with van der Waals surface area (Å²) in [6.45, 7) is 0. The predicted molar refractivity (Wildman–Crippen MR) is 86.5 cm³/mol. The van der Waals surface area contributed by atoms with Gasteiger partial charge in [-0.25, -0.2) is 0 Å². The van der Waals surface area contributed by atoms with Crippen LogP contribution >= 0.6 is 34.9 Å². The first kappa shape index (κ1) is 15.8. The van der Waals surface area contributed by atoms with Crippen LogP contribution in [-0.4, -0.2) is 39.5 Å². The zero-order valence-electron chi connectivity index (χ0n) is 11.1. The second-order valence-corrected chi connectivity index (χ2v) is 7.57. The summed E-state index contributed by atoms with van der Waals surface area (Å²) in [5.74, 6) is 0.539. The van der Waals surface area contributed by atoms with Gasteiger partial charge in [0.25, 0.3) is 0 Å². The van der Waals surface area contributed by atoms with Gasteiger partial charge in [0.2, 0.25) is 0 Å². The second-order valence-electron chi connectivity index (χ2n) is 4.27. The lowest BCUT2D eigenvalue weighted by molar-refractivity contribution is 0.167. The normalized spacial score (nSPS) is 14.2. The van der Waals surface area contributed by atoms with E-state index in [1.54, 1.807) is 23.1 Å². The van der Waals surface area contributed by atoms with E-state index < -0.39 is 6.10 Å². The zero-order chi connectivity index (χ0) is 14.4. The summed E-state index contributed by atoms with van der Waals surface area (Å²) < 4.78 is 1.82. The summed E-state index contributed by atoms with van der Waals surface area (Å²) in [4.78, 5) is 0. The van der Waals surface area contributed by atoms with E-state index in [-0.39, 0.29) is 6.04 Å². The minimum absolute atomic E-state index is 0.266. The van der Waals surface area contributed by atoms with Crippen LogP contribution in [0.3, 0.4) is 0 Å². The van der Waals surface area contributed by atoms with Crippen molar-refractivity contribution < 1.29 is 5.11 Å². The number of nitrogens with zero attached hydrogens (tertiary/aromatic N) is 2. The fourth-order valence-electron chi connectivity index (χ4n) is 1.64. The fraction of sp³-hybridized carbons (Fsp3) is 0.385. The van der Waals surface area contributed by atoms with Gasteiger partial charge in [-0.2, -0.15) is 0 Å². The molecule has 2 aromatic rings. The smallest absolute Gasteiger partial charge is 0.175 e. The van der Waals surface area contributed by atoms with Crippen molar-refractivity contribution in [1.82, 2.24) is 10.2 Å². The van der Waals surface area contributed by atoms with Gasteiger partial charge in [0, 0.05) is 11.8 Å². The molecule has 2 atom stereocenters. The fourth-order valence-corrected chi connectivity index (χ4v) is 4.14. The molecule has 7 heteroatoms. The maximum atomic E-state index is 10.1. The molecule has 1 aromatic carbocycles. The van der Waals surface area contributed by atoms with Gasteiger partial charge in [-0.1, -0.05) is 65.2 Å². The molecule has 4 nitrogen and oxygen atoms in total. The van der Waals surface area contributed by atoms with Crippen LogP contribution < -0.4 is 5.73 Å². The Bertz CT molecular complexity index is 521. The maximum Gasteiger partial charge on any atom is 0.175 e. The number of aliphatic hydroxyl groups is 1. The molecule has 0 aliphatic carbocycles. The summed E-state index contributed by atoms with van der Waals surface area (Å²) >= 11 is 4.62. The Hall–Kier alpha value is -0.600. The van der Waals surface area contributed by atoms with Crippen molar-refractivity contribution in [2.45, 2.75) is 27.2 Å². The molecular formula is C13H17N3OS3. The van der Waals surface area contributed by atoms with Crippen LogP contribution in [0, 0.1) is 0 Å². The van der Waals surface area contributed by atoms with Crippen LogP contribution in [0.25, 0.3) is 0 Å². The minimum atomic E-state index is -0.554. The number of aromatic nitrogens is 2. The Morgan fingerprint density at radius 1 is 1.25 bits per heavy atom. The lowest BCUT2D eigenvalue weighted by atomic mass is 10.0. The predicted octanol–water partition coefficient (Wildman–Crippen LogP) is 2.28. The Labute approximate surface area is 131 Å². The molecule has 1 aromatic heterocycles. The largest absolute Gasteiger partial charge is 0.391 e. The Morgan fingerprint density at radius 3 is 2.60 bits per heavy atom. The first-order valence-electron chi connectivity index (χ1n) is 6.17. The van der Waals surface area contributed by atoms with E-state index >= 15 is 0 Å². The van der Waals surface area contributed by atoms with E-state index in [1.807, 2.05) is 36.6 Å². The van der Waals surface area contributed by atoms with Crippen LogP contribution in [0.4, 0.5) is 0 Å². The Balaban J connectivity index is 1.80. The molecule has 0 spiro atoms. The molecule has 3 N–H and O–H groups in total. The molecule has 1 heterocycles. The average Bonchev–Trinajstić information content (AvgIpc) is 2.93. The number of thioether (sulfide) groups is 2. The van der Waals surface area contributed by atoms with Gasteiger partial charge in [0.15, 0.2) is 8.68 Å². The van der Waals surface area contributed by atoms with Gasteiger partial charge in [-0.3, -0.25) is 0 Å². The second kappa shape index (κ2) is 7.99. The van der Waals surface area contributed by atoms with Crippen molar-refractivity contribution in [1.29, 1.82) is 0 Å². The van der Waals surface area contributed by atoms with Crippen molar-refractivity contribution in [3.8, 4) is 0 Å². The molecule has 0 bridgehead atoms. The lowest BCUT2D eigenvalue weighted by Gasteiger charge is -2.17. The first-order valence-corrected chi connectivity index (χ1v) is 9.19. The third-order valence-electron chi connectivity index (χ3n) is 2.75. The van der Waals surface area contributed by atoms with E-state index in [1.165, 1.54) is 11.8 Å². The highest BCUT2D eigenvalue weighted by molar-refractivity contribution is 8.03. The van der Waals surface area contributed by atoms with E-state index in [2.05, 4.69) is 10.2 Å². The highest BCUT2D eigenvalue weighted by Crippen LogP contribution is 2.28. The van der Waals surface area contributed by atoms with E-state index in [0.29, 0.717) is 12.2 Å². The van der Waals surface area contributed by atoms with Crippen molar-refractivity contribution in [3.63, 3.8) is 0 Å². The molecule has 0 radical (unpaired) electrons. The Morgan fingerprint density at radius 2 is 1.95 bits per heavy atom. The number of nitrogens with two attached hydrogens (primary N) is 1. The third-order valence-corrected chi connectivity index (χ3v) is 5.88. The highest BCUT2D eigenvalue weighted by Gasteiger charge is 2.16. The van der Waals surface area contributed by atoms with Gasteiger partial charge >= 0.3 is 0 Å². The standard InChI is InChI=1S/C13H17N3OS3/c1-18-12-15-16-13(20-12)19-8-11(17)10(14)7-9-5-3-2-4-6-9/h2-6,10-11,17H,7-8,14H2,1H3. The molecule has 0 saturated carbocycles. The van der Waals surface area contributed by atoms with E-state index in [9.17, 15) is 5.11 Å². The molecule has 108 valence electrons. The summed E-state index contributed by atoms with van der Waals surface area (Å²) in [5.41, 5.74) is 7.19. The quantitative estimate of drug-likeness (QED) is 0.760. The summed E-state index contributed by atoms with van der Waals surface area (Å²) in [5, 5.41) is 18.2. The number of hydrogen-bond donors (Lipinski definition) is 2. The SMILES string of the molecule is CSc1nnc(SCC(O)C(N)Cc2ccccc2)s1. The van der Waals surface area contributed by atoms with Crippen LogP contribution in [-0.2, 0) is 6.42 Å². The molecular weight excluding hydrogens is 310 g/mol. The summed E-state index contributed by atoms with van der Waals surface area (Å²) in [6, 6.07) is 9.71. The van der Waals surface area contributed by atoms with Gasteiger partial charge in [-0.15, -0.1) is 10.2 Å². The summed E-state index contributed by atoms with van der Waals surface area (Å²) in [6.07, 6.45) is 2.09. The van der Waals surface area contributed by atoms with Crippen LogP contribution in [0.1, 0.15) is 5.56 Å². The molecule has 2 unspecified atom stereocenters. The zero-order valence-corrected chi connectivity index (χ0v) is 13.5. The number of aliphatic hydroxyl groups excluding tert-OH is 1. The van der Waals surface area contributed by atoms with Crippen molar-refractivity contribution in [2.75, 3.05) is 12.0 Å². The highest BCUT2D eigenvalue weighted by atomic mass is 32.2. The van der Waals surface area contributed by atoms with Crippen molar-refractivity contribution in [3.05, 3.63) is 35.9 Å². The molecule has 0 saturated heterocycles. The van der Waals surface area contributed by atoms with E-state index in [0.717, 1.165) is 14.2 Å². The van der Waals surface area contributed by atoms with Crippen LogP contribution in [0.2, 0.25) is 0 Å². The molecule has 0 amide bonds. The Kier molecular flexibility index (Phi) is 6.31. The van der Waals surface area contributed by atoms with Crippen LogP contribution in [0.5, 0.6) is 0 Å². The number of hydrogen-bond acceptors (Lipinski definition) is 7. The van der Waals surface area contributed by atoms with Gasteiger partial charge in [0.1, 0.15) is 0 Å². The van der Waals surface area contributed by atoms with E-state index in [4.69, 9.17) is 5.73 Å². The lowest BCUT2D eigenvalue weighted by Crippen LogP contribution is -2.38. The molecule has 0 fully saturated rings. The molecule has 0 aliphatic rings. The number of benzene rings is 1. The molecule has 0 aliphatic heterocycles. The minimum Gasteiger partial charge on any atom is -0.391 e. The summed E-state index contributed by atoms with van der Waals surface area (Å²) in [7, 11) is 0. The first-order chi connectivity index (χ1) is 9.69. The number of rotatable bonds is 7. The van der Waals surface area contributed by atoms with Gasteiger partial charge < -0.3 is 10.8 Å². The van der Waals surface area contributed by atoms with Crippen molar-refractivity contribution >= 4 is 34.9 Å². The molecule has 2 rings (SSSR count). The average molecular weight is 328 g/mol. The van der Waals surface area contributed by atoms with Crippen molar-refractivity contribution in [2.24, 2.45) is 5.73 Å².